The Kier molecular flexibility index (Phi) is 4.66. The molecule has 0 aromatic carbocycles. The lowest BCUT2D eigenvalue weighted by Crippen LogP contribution is -2.23. The largest absolute Gasteiger partial charge is 0.433 e. The third-order valence-corrected chi connectivity index (χ3v) is 3.92. The lowest BCUT2D eigenvalue weighted by Gasteiger charge is -2.19. The Labute approximate surface area is 148 Å². The van der Waals surface area contributed by atoms with Crippen molar-refractivity contribution in [1.82, 2.24) is 29.5 Å². The van der Waals surface area contributed by atoms with Gasteiger partial charge in [-0.25, -0.2) is 9.97 Å². The van der Waals surface area contributed by atoms with Gasteiger partial charge < -0.3 is 4.90 Å². The fourth-order valence-corrected chi connectivity index (χ4v) is 2.44. The average Bonchev–Trinajstić information content (AvgIpc) is 3.23. The van der Waals surface area contributed by atoms with E-state index in [1.807, 2.05) is 6.92 Å². The zero-order valence-electron chi connectivity index (χ0n) is 14.6. The third-order valence-electron chi connectivity index (χ3n) is 3.92. The average molecular weight is 365 g/mol. The van der Waals surface area contributed by atoms with Gasteiger partial charge in [-0.1, -0.05) is 0 Å². The van der Waals surface area contributed by atoms with Crippen molar-refractivity contribution in [3.05, 3.63) is 42.1 Å². The van der Waals surface area contributed by atoms with E-state index in [4.69, 9.17) is 0 Å². The normalized spacial score (nSPS) is 11.8. The van der Waals surface area contributed by atoms with Crippen molar-refractivity contribution in [1.29, 1.82) is 0 Å². The minimum atomic E-state index is -4.57. The molecule has 3 heterocycles. The highest BCUT2D eigenvalue weighted by Gasteiger charge is 2.34. The maximum atomic E-state index is 13.3. The van der Waals surface area contributed by atoms with Gasteiger partial charge in [0.05, 0.1) is 24.1 Å². The van der Waals surface area contributed by atoms with Crippen molar-refractivity contribution in [2.24, 2.45) is 7.05 Å². The number of nitrogens with zero attached hydrogens (tertiary/aromatic N) is 7. The maximum Gasteiger partial charge on any atom is 0.433 e. The Hall–Kier alpha value is -2.91. The number of halogens is 3. The molecule has 0 aliphatic heterocycles. The third kappa shape index (κ3) is 3.68. The standard InChI is InChI=1S/C16H18F3N7/c1-4-26-9-11(8-21-26)13-7-14(16(17,18)19)23-15(22-13)24(2)10-12-5-6-20-25(12)3/h5-9H,4,10H2,1-3H3. The SMILES string of the molecule is CCn1cc(-c2cc(C(F)(F)F)nc(N(C)Cc3ccnn3C)n2)cn1. The van der Waals surface area contributed by atoms with Crippen molar-refractivity contribution >= 4 is 5.95 Å². The first kappa shape index (κ1) is 17.9. The van der Waals surface area contributed by atoms with Gasteiger partial charge >= 0.3 is 6.18 Å². The summed E-state index contributed by atoms with van der Waals surface area (Å²) in [6.45, 7) is 2.83. The van der Waals surface area contributed by atoms with Crippen LogP contribution in [0.2, 0.25) is 0 Å². The van der Waals surface area contributed by atoms with E-state index in [0.29, 0.717) is 18.7 Å². The smallest absolute Gasteiger partial charge is 0.338 e. The van der Waals surface area contributed by atoms with E-state index >= 15 is 0 Å². The lowest BCUT2D eigenvalue weighted by molar-refractivity contribution is -0.141. The van der Waals surface area contributed by atoms with Crippen LogP contribution >= 0.6 is 0 Å². The van der Waals surface area contributed by atoms with Crippen LogP contribution in [0.15, 0.2) is 30.7 Å². The summed E-state index contributed by atoms with van der Waals surface area (Å²) in [5.41, 5.74) is 0.529. The van der Waals surface area contributed by atoms with Gasteiger partial charge in [0.1, 0.15) is 0 Å². The van der Waals surface area contributed by atoms with Crippen molar-refractivity contribution in [2.45, 2.75) is 26.2 Å². The molecule has 0 saturated carbocycles. The number of anilines is 1. The van der Waals surface area contributed by atoms with Gasteiger partial charge in [0.15, 0.2) is 5.69 Å². The molecule has 3 rings (SSSR count). The zero-order chi connectivity index (χ0) is 18.9. The second kappa shape index (κ2) is 6.77. The number of aromatic nitrogens is 6. The molecule has 138 valence electrons. The molecule has 0 saturated heterocycles. The summed E-state index contributed by atoms with van der Waals surface area (Å²) in [7, 11) is 3.41. The van der Waals surface area contributed by atoms with E-state index in [1.54, 1.807) is 46.8 Å². The molecule has 10 heteroatoms. The molecule has 26 heavy (non-hydrogen) atoms. The summed E-state index contributed by atoms with van der Waals surface area (Å²) in [5.74, 6) is -0.0136. The molecule has 0 spiro atoms. The summed E-state index contributed by atoms with van der Waals surface area (Å²) in [6, 6.07) is 2.73. The van der Waals surface area contributed by atoms with Crippen LogP contribution in [0.3, 0.4) is 0 Å². The fraction of sp³-hybridized carbons (Fsp3) is 0.375. The quantitative estimate of drug-likeness (QED) is 0.696. The highest BCUT2D eigenvalue weighted by Crippen LogP contribution is 2.31. The molecule has 0 N–H and O–H groups in total. The predicted octanol–water partition coefficient (Wildman–Crippen LogP) is 2.75. The number of aryl methyl sites for hydroxylation is 2. The predicted molar refractivity (Wildman–Crippen MR) is 89.2 cm³/mol. The first-order chi connectivity index (χ1) is 12.3. The first-order valence-corrected chi connectivity index (χ1v) is 7.95. The molecule has 0 bridgehead atoms. The molecule has 0 radical (unpaired) electrons. The summed E-state index contributed by atoms with van der Waals surface area (Å²) >= 11 is 0. The minimum Gasteiger partial charge on any atom is -0.338 e. The van der Waals surface area contributed by atoms with E-state index in [9.17, 15) is 13.2 Å². The van der Waals surface area contributed by atoms with Gasteiger partial charge in [-0.05, 0) is 19.1 Å². The molecule has 0 aliphatic carbocycles. The van der Waals surface area contributed by atoms with E-state index in [1.165, 1.54) is 6.20 Å². The van der Waals surface area contributed by atoms with Crippen LogP contribution in [-0.4, -0.2) is 36.6 Å². The summed E-state index contributed by atoms with van der Waals surface area (Å²) in [5, 5.41) is 8.16. The van der Waals surface area contributed by atoms with Gasteiger partial charge in [0, 0.05) is 38.6 Å². The van der Waals surface area contributed by atoms with Crippen LogP contribution in [0, 0.1) is 0 Å². The molecule has 0 amide bonds. The van der Waals surface area contributed by atoms with E-state index < -0.39 is 11.9 Å². The highest BCUT2D eigenvalue weighted by molar-refractivity contribution is 5.59. The zero-order valence-corrected chi connectivity index (χ0v) is 14.6. The van der Waals surface area contributed by atoms with E-state index in [0.717, 1.165) is 11.8 Å². The van der Waals surface area contributed by atoms with Gasteiger partial charge in [-0.15, -0.1) is 0 Å². The van der Waals surface area contributed by atoms with Crippen LogP contribution < -0.4 is 4.90 Å². The Bertz CT molecular complexity index is 897. The van der Waals surface area contributed by atoms with Gasteiger partial charge in [-0.2, -0.15) is 23.4 Å². The minimum absolute atomic E-state index is 0.0136. The molecule has 0 aliphatic rings. The van der Waals surface area contributed by atoms with E-state index in [2.05, 4.69) is 20.2 Å². The van der Waals surface area contributed by atoms with E-state index in [-0.39, 0.29) is 11.6 Å². The molecule has 3 aromatic rings. The number of alkyl halides is 3. The van der Waals surface area contributed by atoms with Crippen LogP contribution in [0.4, 0.5) is 19.1 Å². The Balaban J connectivity index is 2.00. The summed E-state index contributed by atoms with van der Waals surface area (Å²) in [6.07, 6.45) is 0.214. The molecule has 0 atom stereocenters. The summed E-state index contributed by atoms with van der Waals surface area (Å²) in [4.78, 5) is 9.56. The topological polar surface area (TPSA) is 64.7 Å². The number of hydrogen-bond donors (Lipinski definition) is 0. The fourth-order valence-electron chi connectivity index (χ4n) is 2.44. The first-order valence-electron chi connectivity index (χ1n) is 7.95. The summed E-state index contributed by atoms with van der Waals surface area (Å²) < 4.78 is 43.2. The Morgan fingerprint density at radius 3 is 2.54 bits per heavy atom. The van der Waals surface area contributed by atoms with Crippen molar-refractivity contribution in [3.63, 3.8) is 0 Å². The Morgan fingerprint density at radius 2 is 1.96 bits per heavy atom. The van der Waals surface area contributed by atoms with Gasteiger partial charge in [0.25, 0.3) is 0 Å². The lowest BCUT2D eigenvalue weighted by atomic mass is 10.2. The Morgan fingerprint density at radius 1 is 1.19 bits per heavy atom. The second-order valence-corrected chi connectivity index (χ2v) is 5.82. The highest BCUT2D eigenvalue weighted by atomic mass is 19.4. The van der Waals surface area contributed by atoms with Crippen LogP contribution in [0.25, 0.3) is 11.3 Å². The van der Waals surface area contributed by atoms with Crippen LogP contribution in [-0.2, 0) is 26.3 Å². The molecular formula is C16H18F3N7. The van der Waals surface area contributed by atoms with Crippen molar-refractivity contribution in [3.8, 4) is 11.3 Å². The number of rotatable bonds is 5. The van der Waals surface area contributed by atoms with Gasteiger partial charge in [0.2, 0.25) is 5.95 Å². The number of hydrogen-bond acceptors (Lipinski definition) is 5. The van der Waals surface area contributed by atoms with Crippen LogP contribution in [0.1, 0.15) is 18.3 Å². The second-order valence-electron chi connectivity index (χ2n) is 5.82. The molecule has 0 unspecified atom stereocenters. The van der Waals surface area contributed by atoms with Gasteiger partial charge in [-0.3, -0.25) is 9.36 Å². The molecule has 7 nitrogen and oxygen atoms in total. The molecule has 0 fully saturated rings. The van der Waals surface area contributed by atoms with Crippen molar-refractivity contribution < 1.29 is 13.2 Å². The maximum absolute atomic E-state index is 13.3. The van der Waals surface area contributed by atoms with Crippen LogP contribution in [0.5, 0.6) is 0 Å². The monoisotopic (exact) mass is 365 g/mol. The van der Waals surface area contributed by atoms with Crippen molar-refractivity contribution in [2.75, 3.05) is 11.9 Å². The molecular weight excluding hydrogens is 347 g/mol. The molecule has 3 aromatic heterocycles.